The van der Waals surface area contributed by atoms with E-state index in [2.05, 4.69) is 10.3 Å². The van der Waals surface area contributed by atoms with Crippen LogP contribution >= 0.6 is 0 Å². The molecule has 0 saturated carbocycles. The first-order valence-electron chi connectivity index (χ1n) is 7.56. The fraction of sp³-hybridized carbons (Fsp3) is 0.533. The minimum absolute atomic E-state index is 0.0353. The van der Waals surface area contributed by atoms with Gasteiger partial charge in [-0.25, -0.2) is 13.4 Å². The lowest BCUT2D eigenvalue weighted by Gasteiger charge is -2.23. The van der Waals surface area contributed by atoms with Crippen molar-refractivity contribution in [1.29, 1.82) is 0 Å². The number of nitrogens with zero attached hydrogens (tertiary/aromatic N) is 2. The molecule has 0 radical (unpaired) electrons. The number of methoxy groups -OCH3 is 1. The molecule has 24 heavy (non-hydrogen) atoms. The average molecular weight is 355 g/mol. The van der Waals surface area contributed by atoms with E-state index in [1.165, 1.54) is 24.1 Å². The third-order valence-corrected chi connectivity index (χ3v) is 5.62. The van der Waals surface area contributed by atoms with Gasteiger partial charge in [0.2, 0.25) is 0 Å². The number of aromatic nitrogens is 1. The number of amides is 2. The summed E-state index contributed by atoms with van der Waals surface area (Å²) in [5.41, 5.74) is 0.241. The molecule has 1 aliphatic rings. The van der Waals surface area contributed by atoms with Crippen LogP contribution in [0.25, 0.3) is 0 Å². The molecule has 0 bridgehead atoms. The highest BCUT2D eigenvalue weighted by molar-refractivity contribution is 7.91. The molecule has 9 heteroatoms. The van der Waals surface area contributed by atoms with E-state index < -0.39 is 21.7 Å². The third-order valence-electron chi connectivity index (χ3n) is 3.87. The van der Waals surface area contributed by atoms with E-state index in [1.54, 1.807) is 13.1 Å². The largest absolute Gasteiger partial charge is 0.383 e. The Bertz CT molecular complexity index is 720. The average Bonchev–Trinajstić information content (AvgIpc) is 2.93. The van der Waals surface area contributed by atoms with Crippen LogP contribution in [0.3, 0.4) is 0 Å². The molecule has 0 aliphatic carbocycles. The van der Waals surface area contributed by atoms with Gasteiger partial charge in [0.15, 0.2) is 9.84 Å². The monoisotopic (exact) mass is 355 g/mol. The van der Waals surface area contributed by atoms with Crippen LogP contribution in [0.1, 0.15) is 27.4 Å². The molecule has 8 nitrogen and oxygen atoms in total. The highest BCUT2D eigenvalue weighted by Crippen LogP contribution is 2.18. The van der Waals surface area contributed by atoms with Crippen LogP contribution in [-0.4, -0.2) is 75.0 Å². The van der Waals surface area contributed by atoms with Crippen molar-refractivity contribution in [2.75, 3.05) is 38.8 Å². The van der Waals surface area contributed by atoms with Crippen molar-refractivity contribution >= 4 is 21.7 Å². The summed E-state index contributed by atoms with van der Waals surface area (Å²) in [5, 5.41) is 2.63. The maximum absolute atomic E-state index is 12.5. The molecular formula is C15H21N3O5S. The number of nitrogens with one attached hydrogen (secondary N) is 1. The standard InChI is InChI=1S/C15H21N3O5S/c1-18(11-6-9-24(21,22)10-11)15(20)13-5-3-4-12(17-13)14(19)16-7-8-23-2/h3-5,11H,6-10H2,1-2H3,(H,16,19). The van der Waals surface area contributed by atoms with Crippen LogP contribution in [0.5, 0.6) is 0 Å². The van der Waals surface area contributed by atoms with Gasteiger partial charge in [-0.2, -0.15) is 0 Å². The van der Waals surface area contributed by atoms with Crippen molar-refractivity contribution < 1.29 is 22.7 Å². The fourth-order valence-corrected chi connectivity index (χ4v) is 4.24. The van der Waals surface area contributed by atoms with E-state index >= 15 is 0 Å². The van der Waals surface area contributed by atoms with Gasteiger partial charge in [-0.05, 0) is 18.6 Å². The van der Waals surface area contributed by atoms with Gasteiger partial charge in [-0.1, -0.05) is 6.07 Å². The molecule has 2 amide bonds. The van der Waals surface area contributed by atoms with Crippen molar-refractivity contribution in [3.8, 4) is 0 Å². The Morgan fingerprint density at radius 1 is 1.38 bits per heavy atom. The Morgan fingerprint density at radius 2 is 2.08 bits per heavy atom. The van der Waals surface area contributed by atoms with Crippen LogP contribution in [0.15, 0.2) is 18.2 Å². The van der Waals surface area contributed by atoms with Crippen molar-refractivity contribution in [3.63, 3.8) is 0 Å². The van der Waals surface area contributed by atoms with Gasteiger partial charge in [0.05, 0.1) is 18.1 Å². The normalized spacial score (nSPS) is 19.0. The molecule has 2 rings (SSSR count). The first-order chi connectivity index (χ1) is 11.3. The second-order valence-electron chi connectivity index (χ2n) is 5.63. The van der Waals surface area contributed by atoms with E-state index in [4.69, 9.17) is 4.74 Å². The second-order valence-corrected chi connectivity index (χ2v) is 7.86. The molecule has 0 aromatic carbocycles. The zero-order valence-corrected chi connectivity index (χ0v) is 14.5. The van der Waals surface area contributed by atoms with Gasteiger partial charge in [-0.15, -0.1) is 0 Å². The summed E-state index contributed by atoms with van der Waals surface area (Å²) in [7, 11) is 0.00602. The van der Waals surface area contributed by atoms with Crippen LogP contribution in [0.2, 0.25) is 0 Å². The molecule has 0 spiro atoms. The molecular weight excluding hydrogens is 334 g/mol. The predicted octanol–water partition coefficient (Wildman–Crippen LogP) is -0.283. The molecule has 1 aliphatic heterocycles. The number of pyridine rings is 1. The third kappa shape index (κ3) is 4.51. The highest BCUT2D eigenvalue weighted by atomic mass is 32.2. The lowest BCUT2D eigenvalue weighted by Crippen LogP contribution is -2.38. The Labute approximate surface area is 141 Å². The minimum atomic E-state index is -3.08. The quantitative estimate of drug-likeness (QED) is 0.704. The van der Waals surface area contributed by atoms with E-state index in [0.717, 1.165) is 0 Å². The van der Waals surface area contributed by atoms with Crippen LogP contribution < -0.4 is 5.32 Å². The van der Waals surface area contributed by atoms with Crippen molar-refractivity contribution in [2.45, 2.75) is 12.5 Å². The molecule has 1 saturated heterocycles. The van der Waals surface area contributed by atoms with Gasteiger partial charge in [0.1, 0.15) is 11.4 Å². The number of carbonyl (C=O) groups excluding carboxylic acids is 2. The molecule has 1 N–H and O–H groups in total. The Morgan fingerprint density at radius 3 is 2.71 bits per heavy atom. The van der Waals surface area contributed by atoms with E-state index in [-0.39, 0.29) is 28.9 Å². The number of sulfone groups is 1. The number of hydrogen-bond donors (Lipinski definition) is 1. The fourth-order valence-electron chi connectivity index (χ4n) is 2.46. The van der Waals surface area contributed by atoms with Gasteiger partial charge in [0, 0.05) is 26.7 Å². The molecule has 1 unspecified atom stereocenters. The molecule has 1 atom stereocenters. The molecule has 1 aromatic heterocycles. The maximum atomic E-state index is 12.5. The first-order valence-corrected chi connectivity index (χ1v) is 9.38. The van der Waals surface area contributed by atoms with Crippen LogP contribution in [0.4, 0.5) is 0 Å². The zero-order chi connectivity index (χ0) is 17.7. The number of rotatable bonds is 6. The number of hydrogen-bond acceptors (Lipinski definition) is 6. The van der Waals surface area contributed by atoms with E-state index in [0.29, 0.717) is 19.6 Å². The summed E-state index contributed by atoms with van der Waals surface area (Å²) in [6.45, 7) is 0.721. The first kappa shape index (κ1) is 18.3. The lowest BCUT2D eigenvalue weighted by molar-refractivity contribution is 0.0741. The maximum Gasteiger partial charge on any atom is 0.272 e. The van der Waals surface area contributed by atoms with Gasteiger partial charge < -0.3 is 15.0 Å². The molecule has 2 heterocycles. The predicted molar refractivity (Wildman–Crippen MR) is 87.6 cm³/mol. The Hall–Kier alpha value is -2.00. The summed E-state index contributed by atoms with van der Waals surface area (Å²) in [5.74, 6) is -0.742. The topological polar surface area (TPSA) is 106 Å². The summed E-state index contributed by atoms with van der Waals surface area (Å²) < 4.78 is 28.0. The van der Waals surface area contributed by atoms with Gasteiger partial charge >= 0.3 is 0 Å². The molecule has 1 fully saturated rings. The highest BCUT2D eigenvalue weighted by Gasteiger charge is 2.33. The van der Waals surface area contributed by atoms with Crippen LogP contribution in [0, 0.1) is 0 Å². The summed E-state index contributed by atoms with van der Waals surface area (Å²) >= 11 is 0. The van der Waals surface area contributed by atoms with Crippen molar-refractivity contribution in [1.82, 2.24) is 15.2 Å². The summed E-state index contributed by atoms with van der Waals surface area (Å²) in [4.78, 5) is 29.9. The Balaban J connectivity index is 2.07. The van der Waals surface area contributed by atoms with E-state index in [9.17, 15) is 18.0 Å². The molecule has 1 aromatic rings. The lowest BCUT2D eigenvalue weighted by atomic mass is 10.2. The number of ether oxygens (including phenoxy) is 1. The minimum Gasteiger partial charge on any atom is -0.383 e. The smallest absolute Gasteiger partial charge is 0.272 e. The summed E-state index contributed by atoms with van der Waals surface area (Å²) in [6.07, 6.45) is 0.418. The van der Waals surface area contributed by atoms with Crippen molar-refractivity contribution in [2.24, 2.45) is 0 Å². The zero-order valence-electron chi connectivity index (χ0n) is 13.7. The summed E-state index contributed by atoms with van der Waals surface area (Å²) in [6, 6.07) is 4.24. The van der Waals surface area contributed by atoms with Crippen molar-refractivity contribution in [3.05, 3.63) is 29.6 Å². The SMILES string of the molecule is COCCNC(=O)c1cccc(C(=O)N(C)C2CCS(=O)(=O)C2)n1. The second kappa shape index (κ2) is 7.71. The van der Waals surface area contributed by atoms with Crippen LogP contribution in [-0.2, 0) is 14.6 Å². The Kier molecular flexibility index (Phi) is 5.89. The van der Waals surface area contributed by atoms with Gasteiger partial charge in [0.25, 0.3) is 11.8 Å². The van der Waals surface area contributed by atoms with Gasteiger partial charge in [-0.3, -0.25) is 9.59 Å². The van der Waals surface area contributed by atoms with E-state index in [1.807, 2.05) is 0 Å². The number of carbonyl (C=O) groups is 2. The molecule has 132 valence electrons.